The van der Waals surface area contributed by atoms with Gasteiger partial charge in [-0.2, -0.15) is 0 Å². The minimum Gasteiger partial charge on any atom is -0.282 e. The SMILES string of the molecule is CCCCN1C(=O)C2CCC=CC2(C)C1=O. The molecule has 0 saturated carbocycles. The van der Waals surface area contributed by atoms with Crippen molar-refractivity contribution in [2.75, 3.05) is 6.54 Å². The van der Waals surface area contributed by atoms with E-state index in [9.17, 15) is 9.59 Å². The number of hydrogen-bond acceptors (Lipinski definition) is 2. The summed E-state index contributed by atoms with van der Waals surface area (Å²) in [6.07, 6.45) is 7.62. The van der Waals surface area contributed by atoms with Crippen LogP contribution in [-0.2, 0) is 9.59 Å². The van der Waals surface area contributed by atoms with E-state index in [1.54, 1.807) is 0 Å². The molecule has 16 heavy (non-hydrogen) atoms. The molecular formula is C13H19NO2. The quantitative estimate of drug-likeness (QED) is 0.541. The van der Waals surface area contributed by atoms with Gasteiger partial charge in [0, 0.05) is 6.54 Å². The fourth-order valence-corrected chi connectivity index (χ4v) is 2.71. The van der Waals surface area contributed by atoms with Crippen molar-refractivity contribution >= 4 is 11.8 Å². The molecule has 2 rings (SSSR count). The monoisotopic (exact) mass is 221 g/mol. The predicted octanol–water partition coefficient (Wildman–Crippen LogP) is 2.13. The summed E-state index contributed by atoms with van der Waals surface area (Å²) in [6.45, 7) is 4.56. The van der Waals surface area contributed by atoms with Gasteiger partial charge in [-0.3, -0.25) is 14.5 Å². The van der Waals surface area contributed by atoms with Crippen molar-refractivity contribution in [2.45, 2.75) is 39.5 Å². The number of allylic oxidation sites excluding steroid dienone is 1. The summed E-state index contributed by atoms with van der Waals surface area (Å²) in [5.41, 5.74) is -0.553. The molecule has 2 aliphatic rings. The van der Waals surface area contributed by atoms with Crippen LogP contribution in [0.3, 0.4) is 0 Å². The van der Waals surface area contributed by atoms with Crippen LogP contribution in [0.1, 0.15) is 39.5 Å². The molecule has 0 N–H and O–H groups in total. The van der Waals surface area contributed by atoms with E-state index in [0.717, 1.165) is 25.7 Å². The molecule has 1 aliphatic heterocycles. The third-order valence-corrected chi connectivity index (χ3v) is 3.82. The van der Waals surface area contributed by atoms with Crippen molar-refractivity contribution in [3.63, 3.8) is 0 Å². The second-order valence-corrected chi connectivity index (χ2v) is 4.96. The molecule has 3 nitrogen and oxygen atoms in total. The first-order valence-corrected chi connectivity index (χ1v) is 6.14. The molecule has 3 heteroatoms. The lowest BCUT2D eigenvalue weighted by Crippen LogP contribution is -2.34. The lowest BCUT2D eigenvalue weighted by molar-refractivity contribution is -0.140. The Hall–Kier alpha value is -1.12. The number of imide groups is 1. The molecule has 0 bridgehead atoms. The Labute approximate surface area is 96.5 Å². The molecule has 1 aliphatic carbocycles. The van der Waals surface area contributed by atoms with Gasteiger partial charge in [0.05, 0.1) is 11.3 Å². The summed E-state index contributed by atoms with van der Waals surface area (Å²) in [4.78, 5) is 25.8. The van der Waals surface area contributed by atoms with E-state index in [1.807, 2.05) is 19.1 Å². The highest BCUT2D eigenvalue weighted by molar-refractivity contribution is 6.08. The highest BCUT2D eigenvalue weighted by atomic mass is 16.2. The first-order chi connectivity index (χ1) is 7.61. The van der Waals surface area contributed by atoms with Gasteiger partial charge in [0.25, 0.3) is 0 Å². The van der Waals surface area contributed by atoms with Crippen LogP contribution in [-0.4, -0.2) is 23.3 Å². The maximum absolute atomic E-state index is 12.2. The molecule has 88 valence electrons. The van der Waals surface area contributed by atoms with Gasteiger partial charge >= 0.3 is 0 Å². The first-order valence-electron chi connectivity index (χ1n) is 6.14. The van der Waals surface area contributed by atoms with Crippen LogP contribution < -0.4 is 0 Å². The number of unbranched alkanes of at least 4 members (excludes halogenated alkanes) is 1. The molecule has 1 heterocycles. The Balaban J connectivity index is 2.24. The number of amides is 2. The van der Waals surface area contributed by atoms with Crippen LogP contribution in [0.4, 0.5) is 0 Å². The number of rotatable bonds is 3. The average molecular weight is 221 g/mol. The van der Waals surface area contributed by atoms with Crippen molar-refractivity contribution in [3.05, 3.63) is 12.2 Å². The summed E-state index contributed by atoms with van der Waals surface area (Å²) in [5.74, 6) is -0.0564. The Morgan fingerprint density at radius 1 is 1.50 bits per heavy atom. The third-order valence-electron chi connectivity index (χ3n) is 3.82. The van der Waals surface area contributed by atoms with Gasteiger partial charge in [-0.1, -0.05) is 25.5 Å². The number of fused-ring (bicyclic) bond motifs is 1. The smallest absolute Gasteiger partial charge is 0.239 e. The molecule has 0 radical (unpaired) electrons. The molecule has 2 atom stereocenters. The van der Waals surface area contributed by atoms with Gasteiger partial charge in [-0.15, -0.1) is 0 Å². The van der Waals surface area contributed by atoms with Crippen molar-refractivity contribution in [1.82, 2.24) is 4.90 Å². The largest absolute Gasteiger partial charge is 0.282 e. The normalized spacial score (nSPS) is 33.4. The number of nitrogens with zero attached hydrogens (tertiary/aromatic N) is 1. The third kappa shape index (κ3) is 1.49. The minimum atomic E-state index is -0.553. The lowest BCUT2D eigenvalue weighted by atomic mass is 9.73. The zero-order valence-corrected chi connectivity index (χ0v) is 10.0. The Morgan fingerprint density at radius 3 is 2.88 bits per heavy atom. The molecule has 0 aromatic heterocycles. The van der Waals surface area contributed by atoms with Crippen molar-refractivity contribution < 1.29 is 9.59 Å². The van der Waals surface area contributed by atoms with Crippen LogP contribution >= 0.6 is 0 Å². The molecule has 0 spiro atoms. The van der Waals surface area contributed by atoms with Gasteiger partial charge in [0.1, 0.15) is 0 Å². The van der Waals surface area contributed by atoms with Crippen molar-refractivity contribution in [2.24, 2.45) is 11.3 Å². The average Bonchev–Trinajstić information content (AvgIpc) is 2.47. The minimum absolute atomic E-state index is 0.00639. The van der Waals surface area contributed by atoms with E-state index in [2.05, 4.69) is 6.92 Å². The second-order valence-electron chi connectivity index (χ2n) is 4.96. The van der Waals surface area contributed by atoms with E-state index < -0.39 is 5.41 Å². The summed E-state index contributed by atoms with van der Waals surface area (Å²) < 4.78 is 0. The first kappa shape index (κ1) is 11.4. The molecule has 1 fully saturated rings. The Morgan fingerprint density at radius 2 is 2.25 bits per heavy atom. The maximum atomic E-state index is 12.2. The van der Waals surface area contributed by atoms with E-state index in [4.69, 9.17) is 0 Å². The zero-order valence-electron chi connectivity index (χ0n) is 10.0. The number of carbonyl (C=O) groups excluding carboxylic acids is 2. The highest BCUT2D eigenvalue weighted by Crippen LogP contribution is 2.44. The molecule has 0 aromatic rings. The van der Waals surface area contributed by atoms with Crippen molar-refractivity contribution in [3.8, 4) is 0 Å². The number of carbonyl (C=O) groups is 2. The Kier molecular flexibility index (Phi) is 2.87. The Bertz CT molecular complexity index is 348. The van der Waals surface area contributed by atoms with Gasteiger partial charge in [0.2, 0.25) is 11.8 Å². The van der Waals surface area contributed by atoms with Crippen LogP contribution in [0.25, 0.3) is 0 Å². The zero-order chi connectivity index (χ0) is 11.8. The highest BCUT2D eigenvalue weighted by Gasteiger charge is 2.54. The van der Waals surface area contributed by atoms with Crippen LogP contribution in [0.5, 0.6) is 0 Å². The summed E-state index contributed by atoms with van der Waals surface area (Å²) in [6, 6.07) is 0. The summed E-state index contributed by atoms with van der Waals surface area (Å²) >= 11 is 0. The topological polar surface area (TPSA) is 37.4 Å². The molecule has 2 unspecified atom stereocenters. The van der Waals surface area contributed by atoms with Gasteiger partial charge < -0.3 is 0 Å². The van der Waals surface area contributed by atoms with E-state index in [1.165, 1.54) is 4.90 Å². The summed E-state index contributed by atoms with van der Waals surface area (Å²) in [5, 5.41) is 0. The van der Waals surface area contributed by atoms with Crippen molar-refractivity contribution in [1.29, 1.82) is 0 Å². The number of likely N-dealkylation sites (tertiary alicyclic amines) is 1. The van der Waals surface area contributed by atoms with Gasteiger partial charge in [-0.25, -0.2) is 0 Å². The van der Waals surface area contributed by atoms with Crippen LogP contribution in [0.15, 0.2) is 12.2 Å². The van der Waals surface area contributed by atoms with Crippen LogP contribution in [0, 0.1) is 11.3 Å². The fourth-order valence-electron chi connectivity index (χ4n) is 2.71. The standard InChI is InChI=1S/C13H19NO2/c1-3-4-9-14-11(15)10-7-5-6-8-13(10,2)12(14)16/h6,8,10H,3-5,7,9H2,1-2H3. The molecule has 2 amide bonds. The van der Waals surface area contributed by atoms with Gasteiger partial charge in [0.15, 0.2) is 0 Å². The predicted molar refractivity (Wildman–Crippen MR) is 61.6 cm³/mol. The molecule has 0 aromatic carbocycles. The molecule has 1 saturated heterocycles. The van der Waals surface area contributed by atoms with Crippen LogP contribution in [0.2, 0.25) is 0 Å². The fraction of sp³-hybridized carbons (Fsp3) is 0.692. The summed E-state index contributed by atoms with van der Waals surface area (Å²) in [7, 11) is 0. The molecular weight excluding hydrogens is 202 g/mol. The van der Waals surface area contributed by atoms with E-state index in [-0.39, 0.29) is 17.7 Å². The van der Waals surface area contributed by atoms with E-state index in [0.29, 0.717) is 6.54 Å². The second kappa shape index (κ2) is 4.04. The lowest BCUT2D eigenvalue weighted by Gasteiger charge is -2.26. The number of hydrogen-bond donors (Lipinski definition) is 0. The van der Waals surface area contributed by atoms with E-state index >= 15 is 0 Å². The maximum Gasteiger partial charge on any atom is 0.239 e. The van der Waals surface area contributed by atoms with Gasteiger partial charge in [-0.05, 0) is 26.2 Å².